The molecule has 0 unspecified atom stereocenters. The fraction of sp³-hybridized carbons (Fsp3) is 0.857. The van der Waals surface area contributed by atoms with Crippen molar-refractivity contribution in [1.82, 2.24) is 5.32 Å². The average molecular weight is 211 g/mol. The molecule has 0 aromatic heterocycles. The number of primary amides is 1. The van der Waals surface area contributed by atoms with Crippen molar-refractivity contribution in [2.45, 2.75) is 18.4 Å². The van der Waals surface area contributed by atoms with Crippen LogP contribution >= 0.6 is 12.4 Å². The first-order chi connectivity index (χ1) is 5.68. The molecule has 5 nitrogen and oxygen atoms in total. The summed E-state index contributed by atoms with van der Waals surface area (Å²) >= 11 is 0. The molecule has 1 amide bonds. The summed E-state index contributed by atoms with van der Waals surface area (Å²) < 4.78 is 4.88. The highest BCUT2D eigenvalue weighted by atomic mass is 35.5. The summed E-state index contributed by atoms with van der Waals surface area (Å²) in [5.41, 5.74) is 4.15. The number of nitrogens with one attached hydrogen (secondary N) is 1. The Kier molecular flexibility index (Phi) is 5.05. The van der Waals surface area contributed by atoms with E-state index in [1.54, 1.807) is 0 Å². The maximum absolute atomic E-state index is 10.5. The molecule has 1 aliphatic rings. The molecular formula is C7H15ClN2O3. The number of aliphatic hydroxyl groups excluding tert-OH is 1. The number of carbonyl (C=O) groups is 1. The van der Waals surface area contributed by atoms with Crippen LogP contribution in [0, 0.1) is 0 Å². The summed E-state index contributed by atoms with van der Waals surface area (Å²) in [6.07, 6.45) is 0.421. The van der Waals surface area contributed by atoms with E-state index in [9.17, 15) is 4.79 Å². The fourth-order valence-electron chi connectivity index (χ4n) is 1.39. The summed E-state index contributed by atoms with van der Waals surface area (Å²) in [7, 11) is 0. The minimum absolute atomic E-state index is 0. The van der Waals surface area contributed by atoms with Crippen molar-refractivity contribution in [2.24, 2.45) is 5.73 Å². The van der Waals surface area contributed by atoms with E-state index in [1.165, 1.54) is 0 Å². The zero-order chi connectivity index (χ0) is 9.03. The van der Waals surface area contributed by atoms with Gasteiger partial charge in [0.1, 0.15) is 5.60 Å². The monoisotopic (exact) mass is 210 g/mol. The van der Waals surface area contributed by atoms with E-state index >= 15 is 0 Å². The Bertz CT molecular complexity index is 171. The number of rotatable bonds is 2. The van der Waals surface area contributed by atoms with Gasteiger partial charge in [0, 0.05) is 12.8 Å². The molecule has 0 aromatic carbocycles. The SMILES string of the molecule is Cl.NC(=O)OC1(CO)CCNCC1. The maximum Gasteiger partial charge on any atom is 0.405 e. The molecule has 6 heteroatoms. The van der Waals surface area contributed by atoms with Crippen LogP contribution in [0.2, 0.25) is 0 Å². The third-order valence-electron chi connectivity index (χ3n) is 2.12. The molecule has 0 aromatic rings. The Labute approximate surface area is 83.0 Å². The van der Waals surface area contributed by atoms with Crippen molar-refractivity contribution in [1.29, 1.82) is 0 Å². The highest BCUT2D eigenvalue weighted by Crippen LogP contribution is 2.21. The standard InChI is InChI=1S/C7H14N2O3.ClH/c8-6(11)12-7(5-10)1-3-9-4-2-7;/h9-10H,1-5H2,(H2,8,11);1H. The Hall–Kier alpha value is -0.520. The van der Waals surface area contributed by atoms with Crippen molar-refractivity contribution in [3.8, 4) is 0 Å². The highest BCUT2D eigenvalue weighted by Gasteiger charge is 2.34. The lowest BCUT2D eigenvalue weighted by atomic mass is 9.93. The van der Waals surface area contributed by atoms with E-state index in [1.807, 2.05) is 0 Å². The van der Waals surface area contributed by atoms with Crippen LogP contribution in [0.1, 0.15) is 12.8 Å². The molecule has 0 radical (unpaired) electrons. The minimum atomic E-state index is -0.814. The van der Waals surface area contributed by atoms with E-state index in [0.717, 1.165) is 13.1 Å². The predicted molar refractivity (Wildman–Crippen MR) is 49.8 cm³/mol. The first kappa shape index (κ1) is 12.5. The van der Waals surface area contributed by atoms with Crippen molar-refractivity contribution >= 4 is 18.5 Å². The van der Waals surface area contributed by atoms with E-state index in [-0.39, 0.29) is 19.0 Å². The summed E-state index contributed by atoms with van der Waals surface area (Å²) in [4.78, 5) is 10.5. The zero-order valence-electron chi connectivity index (χ0n) is 7.28. The number of piperidine rings is 1. The quantitative estimate of drug-likeness (QED) is 0.580. The fourth-order valence-corrected chi connectivity index (χ4v) is 1.39. The van der Waals surface area contributed by atoms with Gasteiger partial charge >= 0.3 is 6.09 Å². The molecule has 0 spiro atoms. The number of aliphatic hydroxyl groups is 1. The van der Waals surface area contributed by atoms with Crippen LogP contribution in [0.3, 0.4) is 0 Å². The van der Waals surface area contributed by atoms with Crippen LogP contribution < -0.4 is 11.1 Å². The predicted octanol–water partition coefficient (Wildman–Crippen LogP) is -0.382. The number of nitrogens with two attached hydrogens (primary N) is 1. The van der Waals surface area contributed by atoms with Gasteiger partial charge in [0.05, 0.1) is 6.61 Å². The summed E-state index contributed by atoms with van der Waals surface area (Å²) in [6.45, 7) is 1.33. The summed E-state index contributed by atoms with van der Waals surface area (Å²) in [5.74, 6) is 0. The van der Waals surface area contributed by atoms with E-state index in [2.05, 4.69) is 5.32 Å². The average Bonchev–Trinajstić information content (AvgIpc) is 2.05. The van der Waals surface area contributed by atoms with Gasteiger partial charge in [-0.3, -0.25) is 0 Å². The molecule has 0 atom stereocenters. The van der Waals surface area contributed by atoms with Gasteiger partial charge in [-0.2, -0.15) is 0 Å². The van der Waals surface area contributed by atoms with Crippen molar-refractivity contribution in [3.63, 3.8) is 0 Å². The molecule has 1 fully saturated rings. The lowest BCUT2D eigenvalue weighted by molar-refractivity contribution is -0.0459. The van der Waals surface area contributed by atoms with Gasteiger partial charge in [-0.1, -0.05) is 0 Å². The van der Waals surface area contributed by atoms with Gasteiger partial charge in [-0.05, 0) is 13.1 Å². The van der Waals surface area contributed by atoms with Gasteiger partial charge in [0.2, 0.25) is 0 Å². The van der Waals surface area contributed by atoms with E-state index < -0.39 is 11.7 Å². The van der Waals surface area contributed by atoms with Gasteiger partial charge in [-0.15, -0.1) is 12.4 Å². The molecule has 78 valence electrons. The van der Waals surface area contributed by atoms with Gasteiger partial charge in [0.15, 0.2) is 0 Å². The lowest BCUT2D eigenvalue weighted by Gasteiger charge is -2.34. The normalized spacial score (nSPS) is 20.1. The third kappa shape index (κ3) is 3.38. The number of halogens is 1. The number of hydrogen-bond acceptors (Lipinski definition) is 4. The maximum atomic E-state index is 10.5. The molecule has 0 saturated carbocycles. The van der Waals surface area contributed by atoms with Gasteiger partial charge in [-0.25, -0.2) is 4.79 Å². The second kappa shape index (κ2) is 5.26. The van der Waals surface area contributed by atoms with Crippen LogP contribution in [0.25, 0.3) is 0 Å². The topological polar surface area (TPSA) is 84.6 Å². The highest BCUT2D eigenvalue weighted by molar-refractivity contribution is 5.85. The molecule has 1 heterocycles. The molecule has 1 aliphatic heterocycles. The second-order valence-electron chi connectivity index (χ2n) is 3.01. The van der Waals surface area contributed by atoms with Crippen molar-refractivity contribution < 1.29 is 14.6 Å². The lowest BCUT2D eigenvalue weighted by Crippen LogP contribution is -2.48. The van der Waals surface area contributed by atoms with Crippen LogP contribution in [0.5, 0.6) is 0 Å². The van der Waals surface area contributed by atoms with Crippen molar-refractivity contribution in [3.05, 3.63) is 0 Å². The Morgan fingerprint density at radius 2 is 2.08 bits per heavy atom. The largest absolute Gasteiger partial charge is 0.441 e. The van der Waals surface area contributed by atoms with Gasteiger partial charge < -0.3 is 20.9 Å². The van der Waals surface area contributed by atoms with Crippen LogP contribution in [0.15, 0.2) is 0 Å². The Balaban J connectivity index is 0.00000144. The Morgan fingerprint density at radius 1 is 1.54 bits per heavy atom. The second-order valence-corrected chi connectivity index (χ2v) is 3.01. The summed E-state index contributed by atoms with van der Waals surface area (Å²) in [5, 5.41) is 12.1. The molecule has 4 N–H and O–H groups in total. The first-order valence-corrected chi connectivity index (χ1v) is 3.99. The molecule has 0 bridgehead atoms. The molecule has 1 rings (SSSR count). The van der Waals surface area contributed by atoms with Crippen LogP contribution in [-0.4, -0.2) is 36.5 Å². The van der Waals surface area contributed by atoms with E-state index in [0.29, 0.717) is 12.8 Å². The third-order valence-corrected chi connectivity index (χ3v) is 2.12. The van der Waals surface area contributed by atoms with E-state index in [4.69, 9.17) is 15.6 Å². The molecular weight excluding hydrogens is 196 g/mol. The summed E-state index contributed by atoms with van der Waals surface area (Å²) in [6, 6.07) is 0. The first-order valence-electron chi connectivity index (χ1n) is 3.99. The van der Waals surface area contributed by atoms with Gasteiger partial charge in [0.25, 0.3) is 0 Å². The molecule has 1 saturated heterocycles. The Morgan fingerprint density at radius 3 is 2.46 bits per heavy atom. The molecule has 13 heavy (non-hydrogen) atoms. The number of ether oxygens (including phenoxy) is 1. The van der Waals surface area contributed by atoms with Crippen LogP contribution in [-0.2, 0) is 4.74 Å². The van der Waals surface area contributed by atoms with Crippen LogP contribution in [0.4, 0.5) is 4.79 Å². The number of amides is 1. The number of carbonyl (C=O) groups excluding carboxylic acids is 1. The minimum Gasteiger partial charge on any atom is -0.441 e. The smallest absolute Gasteiger partial charge is 0.405 e. The van der Waals surface area contributed by atoms with Crippen molar-refractivity contribution in [2.75, 3.05) is 19.7 Å². The zero-order valence-corrected chi connectivity index (χ0v) is 8.10. The molecule has 0 aliphatic carbocycles. The number of hydrogen-bond donors (Lipinski definition) is 3.